The first kappa shape index (κ1) is 24.6. The number of carbonyl (C=O) groups excluding carboxylic acids is 1. The lowest BCUT2D eigenvalue weighted by molar-refractivity contribution is -0.384. The average Bonchev–Trinajstić information content (AvgIpc) is 3.20. The number of aryl methyl sites for hydroxylation is 4. The van der Waals surface area contributed by atoms with E-state index >= 15 is 0 Å². The number of aromatic nitrogens is 3. The molecule has 190 valence electrons. The number of benzene rings is 3. The molecule has 0 atom stereocenters. The van der Waals surface area contributed by atoms with Gasteiger partial charge in [0.25, 0.3) is 11.6 Å². The molecule has 0 fully saturated rings. The van der Waals surface area contributed by atoms with Gasteiger partial charge in [0.2, 0.25) is 0 Å². The van der Waals surface area contributed by atoms with Gasteiger partial charge in [-0.05, 0) is 56.2 Å². The Morgan fingerprint density at radius 3 is 2.37 bits per heavy atom. The Bertz CT molecular complexity index is 1700. The van der Waals surface area contributed by atoms with E-state index in [1.165, 1.54) is 12.1 Å². The summed E-state index contributed by atoms with van der Waals surface area (Å²) in [6.45, 7) is 5.77. The van der Waals surface area contributed by atoms with Crippen LogP contribution in [0.2, 0.25) is 0 Å². The van der Waals surface area contributed by atoms with E-state index in [0.29, 0.717) is 27.9 Å². The smallest absolute Gasteiger partial charge is 0.275 e. The van der Waals surface area contributed by atoms with Gasteiger partial charge in [0.05, 0.1) is 39.1 Å². The zero-order valence-corrected chi connectivity index (χ0v) is 21.4. The first-order valence-corrected chi connectivity index (χ1v) is 11.9. The molecule has 9 heteroatoms. The highest BCUT2D eigenvalue weighted by molar-refractivity contribution is 6.13. The molecule has 0 unspecified atom stereocenters. The molecule has 2 aromatic heterocycles. The van der Waals surface area contributed by atoms with Gasteiger partial charge in [0.15, 0.2) is 0 Å². The summed E-state index contributed by atoms with van der Waals surface area (Å²) in [5.41, 5.74) is 5.29. The third kappa shape index (κ3) is 5.08. The number of nitrogens with zero attached hydrogens (tertiary/aromatic N) is 4. The fourth-order valence-electron chi connectivity index (χ4n) is 4.50. The molecule has 1 amide bonds. The van der Waals surface area contributed by atoms with Crippen LogP contribution in [0.3, 0.4) is 0 Å². The zero-order valence-electron chi connectivity index (χ0n) is 21.4. The number of para-hydroxylation sites is 1. The van der Waals surface area contributed by atoms with Crippen molar-refractivity contribution in [2.75, 3.05) is 5.32 Å². The van der Waals surface area contributed by atoms with Crippen LogP contribution >= 0.6 is 0 Å². The van der Waals surface area contributed by atoms with Crippen molar-refractivity contribution in [3.8, 4) is 22.8 Å². The van der Waals surface area contributed by atoms with Crippen molar-refractivity contribution in [1.29, 1.82) is 0 Å². The maximum atomic E-state index is 13.6. The summed E-state index contributed by atoms with van der Waals surface area (Å²) in [6.07, 6.45) is 1.85. The van der Waals surface area contributed by atoms with Crippen LogP contribution < -0.4 is 10.1 Å². The van der Waals surface area contributed by atoms with Crippen molar-refractivity contribution in [1.82, 2.24) is 14.8 Å². The average molecular weight is 508 g/mol. The second kappa shape index (κ2) is 9.78. The van der Waals surface area contributed by atoms with Crippen LogP contribution in [0.5, 0.6) is 11.5 Å². The number of nitro groups is 1. The molecular formula is C29H25N5O4. The molecule has 0 saturated heterocycles. The number of pyridine rings is 1. The van der Waals surface area contributed by atoms with E-state index < -0.39 is 10.8 Å². The minimum absolute atomic E-state index is 0.201. The van der Waals surface area contributed by atoms with Crippen molar-refractivity contribution in [2.24, 2.45) is 7.05 Å². The molecule has 2 heterocycles. The van der Waals surface area contributed by atoms with Gasteiger partial charge in [-0.2, -0.15) is 5.10 Å². The first-order chi connectivity index (χ1) is 18.2. The number of rotatable bonds is 6. The van der Waals surface area contributed by atoms with Gasteiger partial charge in [0, 0.05) is 36.3 Å². The molecule has 38 heavy (non-hydrogen) atoms. The van der Waals surface area contributed by atoms with Gasteiger partial charge >= 0.3 is 0 Å². The molecular weight excluding hydrogens is 482 g/mol. The Hall–Kier alpha value is -5.05. The van der Waals surface area contributed by atoms with Gasteiger partial charge in [-0.3, -0.25) is 19.6 Å². The maximum Gasteiger partial charge on any atom is 0.275 e. The Morgan fingerprint density at radius 1 is 0.974 bits per heavy atom. The highest BCUT2D eigenvalue weighted by atomic mass is 16.6. The molecule has 0 aliphatic rings. The van der Waals surface area contributed by atoms with Gasteiger partial charge in [-0.1, -0.05) is 24.3 Å². The lowest BCUT2D eigenvalue weighted by Gasteiger charge is -2.12. The standard InChI is InChI=1S/C29H25N5O4/c1-17-9-18(2)11-22(10-17)38-23-13-20(12-21(14-23)34(36)37)30-29(35)25-15-28(26-16-33(4)32-19(26)3)31-27-8-6-5-7-24(25)27/h5-16H,1-4H3,(H,30,35). The fourth-order valence-corrected chi connectivity index (χ4v) is 4.50. The van der Waals surface area contributed by atoms with Gasteiger partial charge in [0.1, 0.15) is 11.5 Å². The predicted octanol–water partition coefficient (Wildman–Crippen LogP) is 6.51. The summed E-state index contributed by atoms with van der Waals surface area (Å²) in [7, 11) is 1.82. The van der Waals surface area contributed by atoms with Gasteiger partial charge in [-0.15, -0.1) is 0 Å². The lowest BCUT2D eigenvalue weighted by Crippen LogP contribution is -2.13. The van der Waals surface area contributed by atoms with Gasteiger partial charge < -0.3 is 10.1 Å². The van der Waals surface area contributed by atoms with Crippen molar-refractivity contribution in [2.45, 2.75) is 20.8 Å². The van der Waals surface area contributed by atoms with E-state index in [9.17, 15) is 14.9 Å². The molecule has 0 radical (unpaired) electrons. The number of ether oxygens (including phenoxy) is 1. The number of nitro benzene ring substituents is 1. The number of nitrogens with one attached hydrogen (secondary N) is 1. The predicted molar refractivity (Wildman–Crippen MR) is 146 cm³/mol. The molecule has 9 nitrogen and oxygen atoms in total. The van der Waals surface area contributed by atoms with E-state index in [4.69, 9.17) is 9.72 Å². The minimum atomic E-state index is -0.519. The van der Waals surface area contributed by atoms with Crippen LogP contribution in [0.4, 0.5) is 11.4 Å². The van der Waals surface area contributed by atoms with E-state index in [2.05, 4.69) is 10.4 Å². The van der Waals surface area contributed by atoms with Crippen LogP contribution in [0.1, 0.15) is 27.2 Å². The highest BCUT2D eigenvalue weighted by Gasteiger charge is 2.18. The van der Waals surface area contributed by atoms with Gasteiger partial charge in [-0.25, -0.2) is 4.98 Å². The Morgan fingerprint density at radius 2 is 1.68 bits per heavy atom. The highest BCUT2D eigenvalue weighted by Crippen LogP contribution is 2.32. The summed E-state index contributed by atoms with van der Waals surface area (Å²) in [5.74, 6) is 0.367. The largest absolute Gasteiger partial charge is 0.457 e. The summed E-state index contributed by atoms with van der Waals surface area (Å²) in [5, 5.41) is 19.5. The summed E-state index contributed by atoms with van der Waals surface area (Å²) in [6, 6.07) is 19.0. The normalized spacial score (nSPS) is 10.9. The van der Waals surface area contributed by atoms with Crippen molar-refractivity contribution < 1.29 is 14.5 Å². The van der Waals surface area contributed by atoms with Crippen LogP contribution in [-0.4, -0.2) is 25.6 Å². The van der Waals surface area contributed by atoms with Crippen molar-refractivity contribution >= 4 is 28.2 Å². The van der Waals surface area contributed by atoms with Crippen molar-refractivity contribution in [3.63, 3.8) is 0 Å². The lowest BCUT2D eigenvalue weighted by atomic mass is 10.0. The maximum absolute atomic E-state index is 13.6. The number of carbonyl (C=O) groups is 1. The number of hydrogen-bond acceptors (Lipinski definition) is 6. The molecule has 0 spiro atoms. The Kier molecular flexibility index (Phi) is 6.34. The Labute approximate surface area is 218 Å². The fraction of sp³-hybridized carbons (Fsp3) is 0.138. The molecule has 0 saturated carbocycles. The second-order valence-electron chi connectivity index (χ2n) is 9.23. The summed E-state index contributed by atoms with van der Waals surface area (Å²) < 4.78 is 7.64. The summed E-state index contributed by atoms with van der Waals surface area (Å²) >= 11 is 0. The Balaban J connectivity index is 1.54. The number of non-ortho nitro benzene ring substituents is 1. The number of hydrogen-bond donors (Lipinski definition) is 1. The van der Waals surface area contributed by atoms with E-state index in [1.54, 1.807) is 16.8 Å². The zero-order chi connectivity index (χ0) is 27.0. The number of amides is 1. The SMILES string of the molecule is Cc1cc(C)cc(Oc2cc(NC(=O)c3cc(-c4cn(C)nc4C)nc4ccccc34)cc([N+](=O)[O-])c2)c1. The summed E-state index contributed by atoms with van der Waals surface area (Å²) in [4.78, 5) is 29.4. The van der Waals surface area contributed by atoms with E-state index in [0.717, 1.165) is 22.4 Å². The topological polar surface area (TPSA) is 112 Å². The third-order valence-electron chi connectivity index (χ3n) is 6.04. The van der Waals surface area contributed by atoms with Crippen LogP contribution in [0.15, 0.2) is 72.9 Å². The first-order valence-electron chi connectivity index (χ1n) is 11.9. The molecule has 1 N–H and O–H groups in total. The number of anilines is 1. The van der Waals surface area contributed by atoms with E-state index in [-0.39, 0.29) is 17.1 Å². The third-order valence-corrected chi connectivity index (χ3v) is 6.04. The molecule has 5 rings (SSSR count). The van der Waals surface area contributed by atoms with Crippen LogP contribution in [0.25, 0.3) is 22.2 Å². The molecule has 0 bridgehead atoms. The monoisotopic (exact) mass is 507 g/mol. The minimum Gasteiger partial charge on any atom is -0.457 e. The molecule has 3 aromatic carbocycles. The number of fused-ring (bicyclic) bond motifs is 1. The molecule has 0 aliphatic heterocycles. The van der Waals surface area contributed by atoms with E-state index in [1.807, 2.05) is 76.5 Å². The van der Waals surface area contributed by atoms with Crippen LogP contribution in [0, 0.1) is 30.9 Å². The van der Waals surface area contributed by atoms with Crippen LogP contribution in [-0.2, 0) is 7.05 Å². The molecule has 5 aromatic rings. The molecule has 0 aliphatic carbocycles. The second-order valence-corrected chi connectivity index (χ2v) is 9.23. The van der Waals surface area contributed by atoms with Crippen molar-refractivity contribution in [3.05, 3.63) is 105 Å². The quantitative estimate of drug-likeness (QED) is 0.207.